The SMILES string of the molecule is NCc1ccc(S(=O)(=O)N(Cc2ccccc2)CC2CC2)cc1. The fourth-order valence-corrected chi connectivity index (χ4v) is 4.07. The average Bonchev–Trinajstić information content (AvgIpc) is 3.39. The van der Waals surface area contributed by atoms with Crippen LogP contribution < -0.4 is 5.73 Å². The first kappa shape index (κ1) is 16.2. The molecule has 2 N–H and O–H groups in total. The van der Waals surface area contributed by atoms with Crippen LogP contribution in [0.4, 0.5) is 0 Å². The molecule has 2 aromatic rings. The molecule has 1 fully saturated rings. The predicted octanol–water partition coefficient (Wildman–Crippen LogP) is 2.75. The van der Waals surface area contributed by atoms with Crippen molar-refractivity contribution in [3.05, 3.63) is 65.7 Å². The largest absolute Gasteiger partial charge is 0.326 e. The van der Waals surface area contributed by atoms with E-state index >= 15 is 0 Å². The lowest BCUT2D eigenvalue weighted by Gasteiger charge is -2.22. The minimum Gasteiger partial charge on any atom is -0.326 e. The fourth-order valence-electron chi connectivity index (χ4n) is 2.57. The summed E-state index contributed by atoms with van der Waals surface area (Å²) in [6.45, 7) is 1.42. The molecule has 3 rings (SSSR count). The van der Waals surface area contributed by atoms with Gasteiger partial charge in [0.25, 0.3) is 0 Å². The molecule has 1 aliphatic carbocycles. The Morgan fingerprint density at radius 3 is 2.17 bits per heavy atom. The second-order valence-corrected chi connectivity index (χ2v) is 8.01. The Morgan fingerprint density at radius 2 is 1.61 bits per heavy atom. The summed E-state index contributed by atoms with van der Waals surface area (Å²) in [5.41, 5.74) is 7.53. The summed E-state index contributed by atoms with van der Waals surface area (Å²) in [7, 11) is -3.49. The number of nitrogens with two attached hydrogens (primary N) is 1. The molecule has 5 heteroatoms. The molecule has 0 heterocycles. The number of hydrogen-bond acceptors (Lipinski definition) is 3. The maximum Gasteiger partial charge on any atom is 0.243 e. The highest BCUT2D eigenvalue weighted by molar-refractivity contribution is 7.89. The Labute approximate surface area is 138 Å². The average molecular weight is 330 g/mol. The lowest BCUT2D eigenvalue weighted by atomic mass is 10.2. The maximum absolute atomic E-state index is 13.0. The molecule has 0 spiro atoms. The molecule has 1 saturated carbocycles. The molecule has 122 valence electrons. The van der Waals surface area contributed by atoms with Gasteiger partial charge >= 0.3 is 0 Å². The molecular weight excluding hydrogens is 308 g/mol. The molecule has 4 nitrogen and oxygen atoms in total. The van der Waals surface area contributed by atoms with Gasteiger partial charge in [-0.1, -0.05) is 42.5 Å². The summed E-state index contributed by atoms with van der Waals surface area (Å²) >= 11 is 0. The van der Waals surface area contributed by atoms with Gasteiger partial charge in [0.05, 0.1) is 4.90 Å². The topological polar surface area (TPSA) is 63.4 Å². The van der Waals surface area contributed by atoms with Crippen LogP contribution in [0.15, 0.2) is 59.5 Å². The smallest absolute Gasteiger partial charge is 0.243 e. The second-order valence-electron chi connectivity index (χ2n) is 6.07. The van der Waals surface area contributed by atoms with E-state index in [9.17, 15) is 8.42 Å². The molecule has 0 amide bonds. The third-order valence-electron chi connectivity index (χ3n) is 4.16. The van der Waals surface area contributed by atoms with Crippen molar-refractivity contribution in [1.29, 1.82) is 0 Å². The summed E-state index contributed by atoms with van der Waals surface area (Å²) in [6, 6.07) is 16.6. The van der Waals surface area contributed by atoms with Gasteiger partial charge < -0.3 is 5.73 Å². The summed E-state index contributed by atoms with van der Waals surface area (Å²) in [5.74, 6) is 0.497. The summed E-state index contributed by atoms with van der Waals surface area (Å²) < 4.78 is 27.6. The Hall–Kier alpha value is -1.69. The molecule has 0 unspecified atom stereocenters. The Morgan fingerprint density at radius 1 is 0.957 bits per heavy atom. The van der Waals surface area contributed by atoms with Gasteiger partial charge in [-0.05, 0) is 42.0 Å². The summed E-state index contributed by atoms with van der Waals surface area (Å²) in [6.07, 6.45) is 2.24. The zero-order valence-corrected chi connectivity index (χ0v) is 13.9. The molecule has 0 radical (unpaired) electrons. The van der Waals surface area contributed by atoms with Gasteiger partial charge in [-0.25, -0.2) is 8.42 Å². The van der Waals surface area contributed by atoms with E-state index in [1.165, 1.54) is 0 Å². The molecule has 0 bridgehead atoms. The maximum atomic E-state index is 13.0. The molecule has 0 saturated heterocycles. The van der Waals surface area contributed by atoms with Crippen molar-refractivity contribution >= 4 is 10.0 Å². The van der Waals surface area contributed by atoms with E-state index in [2.05, 4.69) is 0 Å². The number of benzene rings is 2. The van der Waals surface area contributed by atoms with E-state index in [0.717, 1.165) is 24.0 Å². The van der Waals surface area contributed by atoms with E-state index in [0.29, 0.717) is 30.4 Å². The lowest BCUT2D eigenvalue weighted by Crippen LogP contribution is -2.32. The van der Waals surface area contributed by atoms with Crippen LogP contribution in [-0.4, -0.2) is 19.3 Å². The molecule has 2 aromatic carbocycles. The third kappa shape index (κ3) is 3.99. The molecule has 0 atom stereocenters. The van der Waals surface area contributed by atoms with Crippen molar-refractivity contribution in [2.45, 2.75) is 30.8 Å². The Kier molecular flexibility index (Phi) is 4.80. The second kappa shape index (κ2) is 6.83. The minimum absolute atomic E-state index is 0.339. The van der Waals surface area contributed by atoms with Crippen LogP contribution in [0.25, 0.3) is 0 Å². The highest BCUT2D eigenvalue weighted by Crippen LogP contribution is 2.32. The van der Waals surface area contributed by atoms with E-state index in [1.807, 2.05) is 30.3 Å². The number of hydrogen-bond donors (Lipinski definition) is 1. The van der Waals surface area contributed by atoms with Crippen LogP contribution in [0.5, 0.6) is 0 Å². The highest BCUT2D eigenvalue weighted by Gasteiger charge is 2.31. The third-order valence-corrected chi connectivity index (χ3v) is 5.98. The quantitative estimate of drug-likeness (QED) is 0.849. The van der Waals surface area contributed by atoms with Gasteiger partial charge in [-0.3, -0.25) is 0 Å². The summed E-state index contributed by atoms with van der Waals surface area (Å²) in [5, 5.41) is 0. The zero-order valence-electron chi connectivity index (χ0n) is 13.1. The van der Waals surface area contributed by atoms with Gasteiger partial charge in [0.15, 0.2) is 0 Å². The highest BCUT2D eigenvalue weighted by atomic mass is 32.2. The first-order chi connectivity index (χ1) is 11.1. The molecule has 23 heavy (non-hydrogen) atoms. The van der Waals surface area contributed by atoms with Gasteiger partial charge in [-0.15, -0.1) is 0 Å². The van der Waals surface area contributed by atoms with E-state index in [4.69, 9.17) is 5.73 Å². The van der Waals surface area contributed by atoms with Crippen molar-refractivity contribution in [3.8, 4) is 0 Å². The number of sulfonamides is 1. The monoisotopic (exact) mass is 330 g/mol. The minimum atomic E-state index is -3.49. The molecule has 1 aliphatic rings. The van der Waals surface area contributed by atoms with Crippen molar-refractivity contribution in [2.24, 2.45) is 11.7 Å². The van der Waals surface area contributed by atoms with E-state index in [1.54, 1.807) is 28.6 Å². The molecule has 0 aliphatic heterocycles. The van der Waals surface area contributed by atoms with Crippen LogP contribution in [0.1, 0.15) is 24.0 Å². The van der Waals surface area contributed by atoms with Crippen molar-refractivity contribution in [1.82, 2.24) is 4.31 Å². The summed E-state index contributed by atoms with van der Waals surface area (Å²) in [4.78, 5) is 0.339. The molecule has 0 aromatic heterocycles. The first-order valence-electron chi connectivity index (χ1n) is 7.92. The Balaban J connectivity index is 1.86. The van der Waals surface area contributed by atoms with Crippen LogP contribution in [-0.2, 0) is 23.1 Å². The standard InChI is InChI=1S/C18H22N2O2S/c19-12-15-8-10-18(11-9-15)23(21,22)20(14-17-6-7-17)13-16-4-2-1-3-5-16/h1-5,8-11,17H,6-7,12-14,19H2. The fraction of sp³-hybridized carbons (Fsp3) is 0.333. The van der Waals surface area contributed by atoms with Crippen LogP contribution in [0.3, 0.4) is 0 Å². The van der Waals surface area contributed by atoms with Gasteiger partial charge in [0, 0.05) is 19.6 Å². The Bertz CT molecular complexity index is 738. The van der Waals surface area contributed by atoms with E-state index < -0.39 is 10.0 Å². The van der Waals surface area contributed by atoms with Crippen molar-refractivity contribution in [3.63, 3.8) is 0 Å². The number of nitrogens with zero attached hydrogens (tertiary/aromatic N) is 1. The van der Waals surface area contributed by atoms with E-state index in [-0.39, 0.29) is 0 Å². The van der Waals surface area contributed by atoms with Gasteiger partial charge in [0.2, 0.25) is 10.0 Å². The van der Waals surface area contributed by atoms with Gasteiger partial charge in [0.1, 0.15) is 0 Å². The number of rotatable bonds is 7. The zero-order chi connectivity index (χ0) is 16.3. The van der Waals surface area contributed by atoms with Crippen molar-refractivity contribution in [2.75, 3.05) is 6.54 Å². The van der Waals surface area contributed by atoms with Crippen LogP contribution >= 0.6 is 0 Å². The van der Waals surface area contributed by atoms with Crippen LogP contribution in [0.2, 0.25) is 0 Å². The lowest BCUT2D eigenvalue weighted by molar-refractivity contribution is 0.391. The van der Waals surface area contributed by atoms with Gasteiger partial charge in [-0.2, -0.15) is 4.31 Å². The predicted molar refractivity (Wildman–Crippen MR) is 91.1 cm³/mol. The first-order valence-corrected chi connectivity index (χ1v) is 9.36. The normalized spacial score (nSPS) is 15.0. The van der Waals surface area contributed by atoms with Crippen LogP contribution in [0, 0.1) is 5.92 Å². The molecular formula is C18H22N2O2S. The van der Waals surface area contributed by atoms with Crippen molar-refractivity contribution < 1.29 is 8.42 Å².